The molecule has 12 nitrogen and oxygen atoms in total. The van der Waals surface area contributed by atoms with E-state index < -0.39 is 0 Å². The largest absolute Gasteiger partial charge is 0.354 e. The van der Waals surface area contributed by atoms with Crippen LogP contribution in [-0.2, 0) is 48.6 Å². The first-order valence-corrected chi connectivity index (χ1v) is 29.3. The maximum absolute atomic E-state index is 13.4. The molecule has 396 valence electrons. The number of pyridine rings is 2. The third-order valence-corrected chi connectivity index (χ3v) is 17.5. The molecule has 0 aliphatic heterocycles. The van der Waals surface area contributed by atoms with Crippen LogP contribution < -0.4 is 42.5 Å². The number of amides is 2. The van der Waals surface area contributed by atoms with Crippen molar-refractivity contribution in [3.63, 3.8) is 0 Å². The van der Waals surface area contributed by atoms with Gasteiger partial charge in [0.2, 0.25) is 11.8 Å². The standard InChI is InChI=1S/C60H94N10O2/c1-43(59(71)69-39-49-25-23-47(55-19-9-11-21-57(49)55)36-61-30-13-32-63-51-15-5-3-6-16-51)66-41-53-28-27-46(38-68-53)45-29-34-65-54(35-45)42-67-44(2)60(72)70-40-50-26-24-48(56-20-10-12-22-58(50)56)37-62-31-14-33-64-52-17-7-4-8-18-52/h23,25,27-29,34-35,38,43-44,48,50-52,56,58,61-64,66-67H,3-22,24,26,30-33,36-37,39-42H2,1-2H3,(H,69,71)(H,70,72)/t43-,44-,48+,50+,56?,58?/m0/s1. The maximum Gasteiger partial charge on any atom is 0.237 e. The van der Waals surface area contributed by atoms with Crippen molar-refractivity contribution in [3.8, 4) is 11.1 Å². The number of hydrogen-bond acceptors (Lipinski definition) is 10. The van der Waals surface area contributed by atoms with Crippen LogP contribution in [0.25, 0.3) is 11.1 Å². The number of aromatic nitrogens is 2. The molecule has 4 saturated carbocycles. The second-order valence-corrected chi connectivity index (χ2v) is 22.7. The topological polar surface area (TPSA) is 156 Å². The van der Waals surface area contributed by atoms with Gasteiger partial charge in [0.1, 0.15) is 0 Å². The van der Waals surface area contributed by atoms with Gasteiger partial charge in [-0.15, -0.1) is 0 Å². The van der Waals surface area contributed by atoms with Crippen LogP contribution in [0.4, 0.5) is 0 Å². The Kier molecular flexibility index (Phi) is 22.2. The van der Waals surface area contributed by atoms with E-state index in [1.807, 2.05) is 38.4 Å². The van der Waals surface area contributed by atoms with Crippen LogP contribution in [0.3, 0.4) is 0 Å². The first-order chi connectivity index (χ1) is 35.4. The first kappa shape index (κ1) is 54.5. The summed E-state index contributed by atoms with van der Waals surface area (Å²) in [4.78, 5) is 36.0. The predicted molar refractivity (Wildman–Crippen MR) is 293 cm³/mol. The Bertz CT molecular complexity index is 2090. The zero-order valence-electron chi connectivity index (χ0n) is 44.6. The van der Waals surface area contributed by atoms with Gasteiger partial charge in [0.05, 0.1) is 23.5 Å². The fourth-order valence-electron chi connectivity index (χ4n) is 13.1. The fraction of sp³-hybridized carbons (Fsp3) is 0.700. The van der Waals surface area contributed by atoms with E-state index in [9.17, 15) is 9.59 Å². The molecule has 0 bridgehead atoms. The first-order valence-electron chi connectivity index (χ1n) is 29.3. The van der Waals surface area contributed by atoms with E-state index in [1.165, 1.54) is 144 Å². The third-order valence-electron chi connectivity index (χ3n) is 17.5. The van der Waals surface area contributed by atoms with Crippen LogP contribution in [0.1, 0.15) is 176 Å². The summed E-state index contributed by atoms with van der Waals surface area (Å²) in [5, 5.41) is 28.5. The highest BCUT2D eigenvalue weighted by Crippen LogP contribution is 2.46. The third kappa shape index (κ3) is 16.6. The number of nitrogens with one attached hydrogen (secondary N) is 8. The Balaban J connectivity index is 0.711. The molecule has 8 rings (SSSR count). The molecule has 5 aliphatic carbocycles. The quantitative estimate of drug-likeness (QED) is 0.0349. The van der Waals surface area contributed by atoms with Crippen molar-refractivity contribution >= 4 is 11.8 Å². The summed E-state index contributed by atoms with van der Waals surface area (Å²) in [7, 11) is 0. The Morgan fingerprint density at radius 1 is 0.528 bits per heavy atom. The lowest BCUT2D eigenvalue weighted by atomic mass is 9.61. The number of carbonyl (C=O) groups excluding carboxylic acids is 2. The van der Waals surface area contributed by atoms with Gasteiger partial charge in [-0.25, -0.2) is 0 Å². The minimum atomic E-state index is -0.358. The zero-order valence-corrected chi connectivity index (χ0v) is 44.6. The van der Waals surface area contributed by atoms with Crippen LogP contribution in [0.15, 0.2) is 48.8 Å². The normalized spacial score (nSPS) is 22.6. The average molecular weight is 987 g/mol. The summed E-state index contributed by atoms with van der Waals surface area (Å²) in [5.74, 6) is 2.92. The fourth-order valence-corrected chi connectivity index (χ4v) is 13.1. The van der Waals surface area contributed by atoms with E-state index in [2.05, 4.69) is 71.8 Å². The van der Waals surface area contributed by atoms with E-state index >= 15 is 0 Å². The minimum absolute atomic E-state index is 0.00419. The van der Waals surface area contributed by atoms with Crippen molar-refractivity contribution in [2.24, 2.45) is 23.7 Å². The minimum Gasteiger partial charge on any atom is -0.354 e. The SMILES string of the molecule is C[C@H](NCc1ccc(-c2ccnc(CN[C@@H](C)C(=O)NC[C@H]3CC[C@H](CNCCCNC4CCCCC4)C4CCCCC43)c2)cn1)C(=O)NCc1ccc(CNCCCNC2CCCCC2)c2c1CCCC2. The van der Waals surface area contributed by atoms with Crippen molar-refractivity contribution in [2.45, 2.75) is 205 Å². The second-order valence-electron chi connectivity index (χ2n) is 22.7. The van der Waals surface area contributed by atoms with Gasteiger partial charge in [-0.3, -0.25) is 19.6 Å². The molecule has 3 aromatic rings. The highest BCUT2D eigenvalue weighted by molar-refractivity contribution is 5.81. The van der Waals surface area contributed by atoms with Crippen LogP contribution in [0.5, 0.6) is 0 Å². The summed E-state index contributed by atoms with van der Waals surface area (Å²) >= 11 is 0. The Hall–Kier alpha value is -3.78. The van der Waals surface area contributed by atoms with Gasteiger partial charge < -0.3 is 42.5 Å². The molecule has 0 radical (unpaired) electrons. The van der Waals surface area contributed by atoms with Gasteiger partial charge in [0.25, 0.3) is 0 Å². The molecule has 4 fully saturated rings. The monoisotopic (exact) mass is 987 g/mol. The predicted octanol–water partition coefficient (Wildman–Crippen LogP) is 8.55. The molecule has 6 atom stereocenters. The van der Waals surface area contributed by atoms with Gasteiger partial charge in [0, 0.05) is 62.8 Å². The van der Waals surface area contributed by atoms with Crippen LogP contribution in [0, 0.1) is 23.7 Å². The van der Waals surface area contributed by atoms with Gasteiger partial charge in [-0.2, -0.15) is 0 Å². The molecule has 5 aliphatic rings. The number of nitrogens with zero attached hydrogens (tertiary/aromatic N) is 2. The van der Waals surface area contributed by atoms with E-state index in [4.69, 9.17) is 4.98 Å². The lowest BCUT2D eigenvalue weighted by Crippen LogP contribution is -2.47. The van der Waals surface area contributed by atoms with Crippen molar-refractivity contribution < 1.29 is 9.59 Å². The van der Waals surface area contributed by atoms with Crippen LogP contribution in [0.2, 0.25) is 0 Å². The van der Waals surface area contributed by atoms with Gasteiger partial charge in [0.15, 0.2) is 0 Å². The smallest absolute Gasteiger partial charge is 0.237 e. The Labute approximate surface area is 434 Å². The van der Waals surface area contributed by atoms with Gasteiger partial charge in [-0.1, -0.05) is 69.6 Å². The number of benzene rings is 1. The van der Waals surface area contributed by atoms with E-state index in [-0.39, 0.29) is 23.9 Å². The van der Waals surface area contributed by atoms with Crippen LogP contribution in [-0.4, -0.2) is 85.2 Å². The van der Waals surface area contributed by atoms with Crippen molar-refractivity contribution in [1.29, 1.82) is 0 Å². The van der Waals surface area contributed by atoms with Gasteiger partial charge in [-0.05, 0) is 206 Å². The molecule has 2 heterocycles. The number of fused-ring (bicyclic) bond motifs is 2. The van der Waals surface area contributed by atoms with Gasteiger partial charge >= 0.3 is 0 Å². The molecule has 2 amide bonds. The van der Waals surface area contributed by atoms with Crippen LogP contribution >= 0.6 is 0 Å². The van der Waals surface area contributed by atoms with E-state index in [0.29, 0.717) is 25.6 Å². The molecule has 0 saturated heterocycles. The number of hydrogen-bond donors (Lipinski definition) is 8. The molecule has 0 spiro atoms. The Morgan fingerprint density at radius 2 is 1.10 bits per heavy atom. The zero-order chi connectivity index (χ0) is 49.7. The second kappa shape index (κ2) is 29.3. The average Bonchev–Trinajstić information content (AvgIpc) is 3.43. The summed E-state index contributed by atoms with van der Waals surface area (Å²) < 4.78 is 0. The molecule has 2 unspecified atom stereocenters. The number of carbonyl (C=O) groups is 2. The van der Waals surface area contributed by atoms with Crippen molar-refractivity contribution in [1.82, 2.24) is 52.5 Å². The molecule has 72 heavy (non-hydrogen) atoms. The summed E-state index contributed by atoms with van der Waals surface area (Å²) in [6, 6.07) is 13.5. The molecular weight excluding hydrogens is 893 g/mol. The molecule has 12 heteroatoms. The highest BCUT2D eigenvalue weighted by atomic mass is 16.2. The molecule has 1 aromatic carbocycles. The molecule has 8 N–H and O–H groups in total. The van der Waals surface area contributed by atoms with Crippen molar-refractivity contribution in [2.75, 3.05) is 39.3 Å². The lowest BCUT2D eigenvalue weighted by Gasteiger charge is -2.46. The summed E-state index contributed by atoms with van der Waals surface area (Å²) in [6.07, 6.45) is 32.3. The number of rotatable bonds is 27. The lowest BCUT2D eigenvalue weighted by molar-refractivity contribution is -0.123. The Morgan fingerprint density at radius 3 is 1.72 bits per heavy atom. The maximum atomic E-state index is 13.4. The molecule has 2 aromatic heterocycles. The molecular formula is C60H94N10O2. The van der Waals surface area contributed by atoms with Crippen molar-refractivity contribution in [3.05, 3.63) is 82.4 Å². The van der Waals surface area contributed by atoms with E-state index in [0.717, 1.165) is 117 Å². The summed E-state index contributed by atoms with van der Waals surface area (Å²) in [5.41, 5.74) is 9.40. The highest BCUT2D eigenvalue weighted by Gasteiger charge is 2.40. The summed E-state index contributed by atoms with van der Waals surface area (Å²) in [6.45, 7) is 12.6. The van der Waals surface area contributed by atoms with E-state index in [1.54, 1.807) is 0 Å².